The monoisotopic (exact) mass is 377 g/mol. The molecule has 2 aliphatic rings. The first-order valence-electron chi connectivity index (χ1n) is 8.90. The number of fused-ring (bicyclic) bond motifs is 2. The van der Waals surface area contributed by atoms with Gasteiger partial charge in [-0.2, -0.15) is 0 Å². The van der Waals surface area contributed by atoms with E-state index in [4.69, 9.17) is 4.74 Å². The third-order valence-corrected chi connectivity index (χ3v) is 6.39. The Hall–Kier alpha value is -2.15. The minimum absolute atomic E-state index is 0.0566. The van der Waals surface area contributed by atoms with Crippen LogP contribution in [0.3, 0.4) is 0 Å². The number of esters is 1. The summed E-state index contributed by atoms with van der Waals surface area (Å²) in [5, 5.41) is 12.8. The lowest BCUT2D eigenvalue weighted by atomic mass is 9.82. The largest absolute Gasteiger partial charge is 0.481 e. The highest BCUT2D eigenvalue weighted by atomic mass is 32.1. The van der Waals surface area contributed by atoms with Gasteiger partial charge in [-0.25, -0.2) is 4.79 Å². The topological polar surface area (TPSA) is 92.7 Å². The van der Waals surface area contributed by atoms with Crippen molar-refractivity contribution in [2.45, 2.75) is 33.6 Å². The Labute approximate surface area is 156 Å². The molecule has 0 unspecified atom stereocenters. The number of allylic oxidation sites excluding steroid dienone is 2. The van der Waals surface area contributed by atoms with Crippen molar-refractivity contribution in [2.75, 3.05) is 11.9 Å². The summed E-state index contributed by atoms with van der Waals surface area (Å²) in [6.45, 7) is 5.84. The van der Waals surface area contributed by atoms with Crippen molar-refractivity contribution in [3.05, 3.63) is 28.2 Å². The highest BCUT2D eigenvalue weighted by molar-refractivity contribution is 7.16. The molecule has 2 aliphatic carbocycles. The first-order valence-corrected chi connectivity index (χ1v) is 9.72. The number of amides is 1. The second kappa shape index (κ2) is 7.23. The van der Waals surface area contributed by atoms with Gasteiger partial charge in [0.1, 0.15) is 5.00 Å². The fourth-order valence-electron chi connectivity index (χ4n) is 4.22. The summed E-state index contributed by atoms with van der Waals surface area (Å²) in [4.78, 5) is 37.9. The van der Waals surface area contributed by atoms with E-state index in [-0.39, 0.29) is 24.3 Å². The summed E-state index contributed by atoms with van der Waals surface area (Å²) >= 11 is 1.34. The maximum absolute atomic E-state index is 12.9. The molecule has 4 atom stereocenters. The van der Waals surface area contributed by atoms with Crippen LogP contribution in [0.25, 0.3) is 0 Å². The Morgan fingerprint density at radius 2 is 1.88 bits per heavy atom. The van der Waals surface area contributed by atoms with Gasteiger partial charge in [-0.3, -0.25) is 9.59 Å². The smallest absolute Gasteiger partial charge is 0.341 e. The van der Waals surface area contributed by atoms with Crippen LogP contribution in [-0.4, -0.2) is 29.6 Å². The van der Waals surface area contributed by atoms with Gasteiger partial charge in [0.2, 0.25) is 5.91 Å². The van der Waals surface area contributed by atoms with E-state index in [9.17, 15) is 19.5 Å². The highest BCUT2D eigenvalue weighted by Gasteiger charge is 2.51. The SMILES string of the molecule is CCOC(=O)c1c(NC(=O)[C@@H]2[C@@H](C(=O)O)[C@H]3C=C[C@@H]2C3)sc(C)c1CC. The molecule has 7 heteroatoms. The van der Waals surface area contributed by atoms with E-state index < -0.39 is 23.8 Å². The summed E-state index contributed by atoms with van der Waals surface area (Å²) < 4.78 is 5.15. The minimum atomic E-state index is -0.941. The van der Waals surface area contributed by atoms with Gasteiger partial charge < -0.3 is 15.2 Å². The van der Waals surface area contributed by atoms with Gasteiger partial charge in [0.25, 0.3) is 0 Å². The van der Waals surface area contributed by atoms with Crippen molar-refractivity contribution in [1.29, 1.82) is 0 Å². The molecule has 2 bridgehead atoms. The lowest BCUT2D eigenvalue weighted by molar-refractivity contribution is -0.146. The summed E-state index contributed by atoms with van der Waals surface area (Å²) in [5.74, 6) is -3.18. The molecule has 0 radical (unpaired) electrons. The number of rotatable bonds is 6. The van der Waals surface area contributed by atoms with E-state index in [2.05, 4.69) is 5.32 Å². The lowest BCUT2D eigenvalue weighted by Crippen LogP contribution is -2.36. The molecule has 6 nitrogen and oxygen atoms in total. The number of carboxylic acid groups (broad SMARTS) is 1. The van der Waals surface area contributed by atoms with Crippen LogP contribution in [0.15, 0.2) is 12.2 Å². The van der Waals surface area contributed by atoms with Crippen molar-refractivity contribution < 1.29 is 24.2 Å². The third-order valence-electron chi connectivity index (χ3n) is 5.33. The number of hydrogen-bond acceptors (Lipinski definition) is 5. The van der Waals surface area contributed by atoms with Crippen molar-refractivity contribution in [3.8, 4) is 0 Å². The number of anilines is 1. The Kier molecular flexibility index (Phi) is 5.18. The fraction of sp³-hybridized carbons (Fsp3) is 0.526. The molecular weight excluding hydrogens is 354 g/mol. The maximum Gasteiger partial charge on any atom is 0.341 e. The Morgan fingerprint density at radius 3 is 2.46 bits per heavy atom. The van der Waals surface area contributed by atoms with Crippen molar-refractivity contribution >= 4 is 34.2 Å². The molecule has 26 heavy (non-hydrogen) atoms. The van der Waals surface area contributed by atoms with E-state index in [1.54, 1.807) is 6.92 Å². The number of ether oxygens (including phenoxy) is 1. The normalized spacial score (nSPS) is 26.1. The molecule has 140 valence electrons. The molecule has 1 aromatic rings. The lowest BCUT2D eigenvalue weighted by Gasteiger charge is -2.23. The Balaban J connectivity index is 1.89. The second-order valence-corrected chi connectivity index (χ2v) is 7.97. The number of aliphatic carboxylic acids is 1. The molecule has 1 aromatic heterocycles. The summed E-state index contributed by atoms with van der Waals surface area (Å²) in [6.07, 6.45) is 5.20. The number of thiophene rings is 1. The van der Waals surface area contributed by atoms with Gasteiger partial charge in [-0.1, -0.05) is 19.1 Å². The van der Waals surface area contributed by atoms with E-state index in [1.807, 2.05) is 26.0 Å². The average molecular weight is 377 g/mol. The predicted octanol–water partition coefficient (Wildman–Crippen LogP) is 3.26. The standard InChI is InChI=1S/C19H23NO5S/c1-4-12-9(3)26-17(15(12)19(24)25-5-2)20-16(21)13-10-6-7-11(8-10)14(13)18(22)23/h6-7,10-11,13-14H,4-5,8H2,1-3H3,(H,20,21)(H,22,23)/t10-,11+,13+,14+/m1/s1. The summed E-state index contributed by atoms with van der Waals surface area (Å²) in [6, 6.07) is 0. The number of carbonyl (C=O) groups excluding carboxylic acids is 2. The quantitative estimate of drug-likeness (QED) is 0.586. The van der Waals surface area contributed by atoms with Crippen LogP contribution < -0.4 is 5.32 Å². The number of nitrogens with one attached hydrogen (secondary N) is 1. The third kappa shape index (κ3) is 3.05. The van der Waals surface area contributed by atoms with Crippen LogP contribution in [0.1, 0.15) is 41.1 Å². The molecule has 1 saturated carbocycles. The van der Waals surface area contributed by atoms with Crippen LogP contribution in [0.5, 0.6) is 0 Å². The van der Waals surface area contributed by atoms with Crippen molar-refractivity contribution in [3.63, 3.8) is 0 Å². The van der Waals surface area contributed by atoms with E-state index in [0.29, 0.717) is 23.4 Å². The highest BCUT2D eigenvalue weighted by Crippen LogP contribution is 2.48. The summed E-state index contributed by atoms with van der Waals surface area (Å²) in [7, 11) is 0. The Bertz CT molecular complexity index is 781. The van der Waals surface area contributed by atoms with E-state index in [0.717, 1.165) is 10.4 Å². The van der Waals surface area contributed by atoms with Crippen LogP contribution in [-0.2, 0) is 20.7 Å². The molecule has 0 saturated heterocycles. The molecule has 0 spiro atoms. The van der Waals surface area contributed by atoms with E-state index >= 15 is 0 Å². The predicted molar refractivity (Wildman–Crippen MR) is 98.4 cm³/mol. The van der Waals surface area contributed by atoms with Gasteiger partial charge >= 0.3 is 11.9 Å². The second-order valence-electron chi connectivity index (χ2n) is 6.74. The van der Waals surface area contributed by atoms with Crippen LogP contribution in [0, 0.1) is 30.6 Å². The molecule has 1 amide bonds. The molecule has 2 N–H and O–H groups in total. The van der Waals surface area contributed by atoms with Crippen LogP contribution in [0.4, 0.5) is 5.00 Å². The molecule has 1 heterocycles. The molecule has 0 aliphatic heterocycles. The zero-order valence-electron chi connectivity index (χ0n) is 15.1. The van der Waals surface area contributed by atoms with Gasteiger partial charge in [0.15, 0.2) is 0 Å². The van der Waals surface area contributed by atoms with Gasteiger partial charge in [0.05, 0.1) is 24.0 Å². The molecular formula is C19H23NO5S. The zero-order chi connectivity index (χ0) is 19.0. The van der Waals surface area contributed by atoms with Crippen molar-refractivity contribution in [1.82, 2.24) is 0 Å². The van der Waals surface area contributed by atoms with Crippen LogP contribution in [0.2, 0.25) is 0 Å². The maximum atomic E-state index is 12.9. The number of carboxylic acids is 1. The van der Waals surface area contributed by atoms with Gasteiger partial charge in [0, 0.05) is 4.88 Å². The first-order chi connectivity index (χ1) is 12.4. The molecule has 0 aromatic carbocycles. The number of aryl methyl sites for hydroxylation is 1. The van der Waals surface area contributed by atoms with Gasteiger partial charge in [-0.05, 0) is 44.1 Å². The number of hydrogen-bond donors (Lipinski definition) is 2. The first kappa shape index (κ1) is 18.6. The van der Waals surface area contributed by atoms with E-state index in [1.165, 1.54) is 11.3 Å². The average Bonchev–Trinajstić information content (AvgIpc) is 3.26. The number of carbonyl (C=O) groups is 3. The van der Waals surface area contributed by atoms with Crippen LogP contribution >= 0.6 is 11.3 Å². The van der Waals surface area contributed by atoms with Gasteiger partial charge in [-0.15, -0.1) is 11.3 Å². The fourth-order valence-corrected chi connectivity index (χ4v) is 5.36. The van der Waals surface area contributed by atoms with Crippen molar-refractivity contribution in [2.24, 2.45) is 23.7 Å². The zero-order valence-corrected chi connectivity index (χ0v) is 15.9. The minimum Gasteiger partial charge on any atom is -0.481 e. The Morgan fingerprint density at radius 1 is 1.23 bits per heavy atom. The molecule has 1 fully saturated rings. The summed E-state index contributed by atoms with van der Waals surface area (Å²) in [5.41, 5.74) is 1.27. The molecule has 3 rings (SSSR count).